The SMILES string of the molecule is CCC[C@H]1NC(=O)N(CC(=O)c2cc(C)n(CCC(C)C)c2C)C1=O. The summed E-state index contributed by atoms with van der Waals surface area (Å²) in [6.45, 7) is 10.9. The summed E-state index contributed by atoms with van der Waals surface area (Å²) >= 11 is 0. The van der Waals surface area contributed by atoms with Crippen molar-refractivity contribution in [3.8, 4) is 0 Å². The Morgan fingerprint density at radius 2 is 1.96 bits per heavy atom. The summed E-state index contributed by atoms with van der Waals surface area (Å²) in [7, 11) is 0. The number of amides is 3. The van der Waals surface area contributed by atoms with Gasteiger partial charge in [0.2, 0.25) is 0 Å². The van der Waals surface area contributed by atoms with Crippen molar-refractivity contribution in [3.63, 3.8) is 0 Å². The molecule has 3 amide bonds. The van der Waals surface area contributed by atoms with Gasteiger partial charge in [0.1, 0.15) is 6.04 Å². The molecule has 1 aromatic heterocycles. The number of nitrogens with one attached hydrogen (secondary N) is 1. The second-order valence-corrected chi connectivity index (χ2v) is 7.26. The van der Waals surface area contributed by atoms with Gasteiger partial charge in [-0.3, -0.25) is 14.5 Å². The molecular weight excluding hydrogens is 318 g/mol. The zero-order chi connectivity index (χ0) is 18.7. The van der Waals surface area contributed by atoms with Crippen LogP contribution in [0.15, 0.2) is 6.07 Å². The Kier molecular flexibility index (Phi) is 6.03. The Hall–Kier alpha value is -2.11. The number of urea groups is 1. The van der Waals surface area contributed by atoms with E-state index in [0.29, 0.717) is 17.9 Å². The number of aryl methyl sites for hydroxylation is 1. The van der Waals surface area contributed by atoms with Crippen LogP contribution in [0.1, 0.15) is 61.8 Å². The highest BCUT2D eigenvalue weighted by Crippen LogP contribution is 2.19. The third kappa shape index (κ3) is 4.11. The molecule has 2 rings (SSSR count). The summed E-state index contributed by atoms with van der Waals surface area (Å²) in [4.78, 5) is 38.0. The number of hydrogen-bond acceptors (Lipinski definition) is 3. The summed E-state index contributed by atoms with van der Waals surface area (Å²) in [6.07, 6.45) is 2.43. The van der Waals surface area contributed by atoms with Crippen LogP contribution >= 0.6 is 0 Å². The van der Waals surface area contributed by atoms with Crippen LogP contribution in [0.5, 0.6) is 0 Å². The second kappa shape index (κ2) is 7.85. The normalized spacial score (nSPS) is 17.5. The van der Waals surface area contributed by atoms with Gasteiger partial charge in [-0.05, 0) is 38.7 Å². The third-order valence-electron chi connectivity index (χ3n) is 4.79. The maximum atomic E-state index is 12.7. The van der Waals surface area contributed by atoms with Gasteiger partial charge in [0, 0.05) is 23.5 Å². The van der Waals surface area contributed by atoms with E-state index < -0.39 is 12.1 Å². The Morgan fingerprint density at radius 1 is 1.28 bits per heavy atom. The van der Waals surface area contributed by atoms with E-state index in [1.807, 2.05) is 26.8 Å². The lowest BCUT2D eigenvalue weighted by atomic mass is 10.1. The van der Waals surface area contributed by atoms with Crippen molar-refractivity contribution in [2.45, 2.75) is 66.5 Å². The van der Waals surface area contributed by atoms with Crippen LogP contribution in [0, 0.1) is 19.8 Å². The average Bonchev–Trinajstić information content (AvgIpc) is 2.96. The molecule has 0 aromatic carbocycles. The molecule has 0 spiro atoms. The molecule has 2 heterocycles. The van der Waals surface area contributed by atoms with E-state index >= 15 is 0 Å². The van der Waals surface area contributed by atoms with Crippen molar-refractivity contribution in [3.05, 3.63) is 23.0 Å². The van der Waals surface area contributed by atoms with E-state index in [4.69, 9.17) is 0 Å². The Bertz CT molecular complexity index is 676. The number of hydrogen-bond donors (Lipinski definition) is 1. The fourth-order valence-electron chi connectivity index (χ4n) is 3.25. The quantitative estimate of drug-likeness (QED) is 0.580. The van der Waals surface area contributed by atoms with Crippen molar-refractivity contribution in [1.82, 2.24) is 14.8 Å². The molecule has 1 fully saturated rings. The summed E-state index contributed by atoms with van der Waals surface area (Å²) in [5, 5.41) is 2.66. The van der Waals surface area contributed by atoms with Gasteiger partial charge >= 0.3 is 6.03 Å². The first-order valence-corrected chi connectivity index (χ1v) is 9.08. The number of rotatable bonds is 8. The predicted octanol–water partition coefficient (Wildman–Crippen LogP) is 3.05. The van der Waals surface area contributed by atoms with Crippen LogP contribution < -0.4 is 5.32 Å². The molecule has 1 aromatic rings. The molecule has 1 N–H and O–H groups in total. The maximum Gasteiger partial charge on any atom is 0.325 e. The third-order valence-corrected chi connectivity index (χ3v) is 4.79. The molecule has 1 saturated heterocycles. The van der Waals surface area contributed by atoms with Crippen LogP contribution in [-0.2, 0) is 11.3 Å². The Morgan fingerprint density at radius 3 is 2.56 bits per heavy atom. The number of imide groups is 1. The molecule has 6 heteroatoms. The average molecular weight is 347 g/mol. The van der Waals surface area contributed by atoms with Gasteiger partial charge in [-0.2, -0.15) is 0 Å². The van der Waals surface area contributed by atoms with Crippen molar-refractivity contribution in [2.75, 3.05) is 6.54 Å². The van der Waals surface area contributed by atoms with Gasteiger partial charge in [0.05, 0.1) is 6.54 Å². The number of carbonyl (C=O) groups is 3. The predicted molar refractivity (Wildman–Crippen MR) is 96.6 cm³/mol. The highest BCUT2D eigenvalue weighted by Gasteiger charge is 2.38. The number of aromatic nitrogens is 1. The summed E-state index contributed by atoms with van der Waals surface area (Å²) in [5.74, 6) is 0.0973. The van der Waals surface area contributed by atoms with Gasteiger partial charge in [0.15, 0.2) is 5.78 Å². The van der Waals surface area contributed by atoms with Crippen molar-refractivity contribution in [2.24, 2.45) is 5.92 Å². The van der Waals surface area contributed by atoms with Crippen molar-refractivity contribution >= 4 is 17.7 Å². The first-order chi connectivity index (χ1) is 11.8. The molecule has 0 aliphatic carbocycles. The maximum absolute atomic E-state index is 12.7. The zero-order valence-corrected chi connectivity index (χ0v) is 15.9. The van der Waals surface area contributed by atoms with Gasteiger partial charge < -0.3 is 9.88 Å². The highest BCUT2D eigenvalue weighted by molar-refractivity contribution is 6.09. The minimum Gasteiger partial charge on any atom is -0.348 e. The van der Waals surface area contributed by atoms with E-state index in [-0.39, 0.29) is 18.2 Å². The molecule has 6 nitrogen and oxygen atoms in total. The van der Waals surface area contributed by atoms with Crippen molar-refractivity contribution < 1.29 is 14.4 Å². The van der Waals surface area contributed by atoms with Crippen LogP contribution in [0.25, 0.3) is 0 Å². The molecule has 0 radical (unpaired) electrons. The molecule has 1 aliphatic heterocycles. The molecule has 0 saturated carbocycles. The van der Waals surface area contributed by atoms with Crippen LogP contribution in [0.2, 0.25) is 0 Å². The zero-order valence-electron chi connectivity index (χ0n) is 15.9. The fraction of sp³-hybridized carbons (Fsp3) is 0.632. The van der Waals surface area contributed by atoms with Gasteiger partial charge in [-0.15, -0.1) is 0 Å². The van der Waals surface area contributed by atoms with E-state index in [1.165, 1.54) is 0 Å². The van der Waals surface area contributed by atoms with E-state index in [0.717, 1.165) is 35.7 Å². The van der Waals surface area contributed by atoms with E-state index in [1.54, 1.807) is 0 Å². The summed E-state index contributed by atoms with van der Waals surface area (Å²) in [5.41, 5.74) is 2.53. The topological polar surface area (TPSA) is 71.4 Å². The molecular formula is C19H29N3O3. The molecule has 1 aliphatic rings. The number of Topliss-reactive ketones (excluding diaryl/α,β-unsaturated/α-hetero) is 1. The fourth-order valence-corrected chi connectivity index (χ4v) is 3.25. The molecule has 25 heavy (non-hydrogen) atoms. The van der Waals surface area contributed by atoms with Crippen LogP contribution in [-0.4, -0.2) is 39.8 Å². The number of carbonyl (C=O) groups excluding carboxylic acids is 3. The molecule has 0 unspecified atom stereocenters. The van der Waals surface area contributed by atoms with Crippen molar-refractivity contribution in [1.29, 1.82) is 0 Å². The van der Waals surface area contributed by atoms with Crippen LogP contribution in [0.4, 0.5) is 4.79 Å². The number of ketones is 1. The summed E-state index contributed by atoms with van der Waals surface area (Å²) in [6, 6.07) is 0.897. The first kappa shape index (κ1) is 19.2. The molecule has 138 valence electrons. The summed E-state index contributed by atoms with van der Waals surface area (Å²) < 4.78 is 2.14. The van der Waals surface area contributed by atoms with E-state index in [2.05, 4.69) is 23.7 Å². The molecule has 0 bridgehead atoms. The highest BCUT2D eigenvalue weighted by atomic mass is 16.2. The minimum atomic E-state index is -0.497. The standard InChI is InChI=1S/C19H29N3O3/c1-6-7-16-18(24)22(19(25)20-16)11-17(23)15-10-13(4)21(14(15)5)9-8-12(2)3/h10,12,16H,6-9,11H2,1-5H3,(H,20,25)/t16-/m1/s1. The van der Waals surface area contributed by atoms with Gasteiger partial charge in [-0.25, -0.2) is 4.79 Å². The Balaban J connectivity index is 2.12. The lowest BCUT2D eigenvalue weighted by Gasteiger charge is -2.13. The largest absolute Gasteiger partial charge is 0.348 e. The smallest absolute Gasteiger partial charge is 0.325 e. The van der Waals surface area contributed by atoms with Gasteiger partial charge in [-0.1, -0.05) is 27.2 Å². The van der Waals surface area contributed by atoms with Gasteiger partial charge in [0.25, 0.3) is 5.91 Å². The van der Waals surface area contributed by atoms with E-state index in [9.17, 15) is 14.4 Å². The monoisotopic (exact) mass is 347 g/mol. The molecule has 1 atom stereocenters. The minimum absolute atomic E-state index is 0.190. The lowest BCUT2D eigenvalue weighted by molar-refractivity contribution is -0.127. The van der Waals surface area contributed by atoms with Crippen LogP contribution in [0.3, 0.4) is 0 Å². The lowest BCUT2D eigenvalue weighted by Crippen LogP contribution is -2.36. The second-order valence-electron chi connectivity index (χ2n) is 7.26. The first-order valence-electron chi connectivity index (χ1n) is 9.08. The number of nitrogens with zero attached hydrogens (tertiary/aromatic N) is 2. The Labute approximate surface area is 149 Å².